The van der Waals surface area contributed by atoms with Crippen LogP contribution < -0.4 is 4.74 Å². The van der Waals surface area contributed by atoms with Gasteiger partial charge in [0.15, 0.2) is 0 Å². The average molecular weight is 469 g/mol. The van der Waals surface area contributed by atoms with Crippen molar-refractivity contribution in [3.63, 3.8) is 0 Å². The van der Waals surface area contributed by atoms with E-state index >= 15 is 0 Å². The van der Waals surface area contributed by atoms with Gasteiger partial charge in [-0.1, -0.05) is 23.7 Å². The van der Waals surface area contributed by atoms with E-state index in [1.165, 1.54) is 0 Å². The Morgan fingerprint density at radius 1 is 1.09 bits per heavy atom. The van der Waals surface area contributed by atoms with Gasteiger partial charge < -0.3 is 19.6 Å². The lowest BCUT2D eigenvalue weighted by molar-refractivity contribution is -0.140. The lowest BCUT2D eigenvalue weighted by Gasteiger charge is -2.27. The quantitative estimate of drug-likeness (QED) is 0.364. The van der Waals surface area contributed by atoms with Crippen LogP contribution in [0.25, 0.3) is 5.76 Å². The lowest BCUT2D eigenvalue weighted by Crippen LogP contribution is -2.37. The van der Waals surface area contributed by atoms with Gasteiger partial charge in [-0.2, -0.15) is 0 Å². The van der Waals surface area contributed by atoms with Gasteiger partial charge in [0.25, 0.3) is 11.7 Å². The summed E-state index contributed by atoms with van der Waals surface area (Å²) in [7, 11) is 0. The minimum absolute atomic E-state index is 0.0177. The van der Waals surface area contributed by atoms with Crippen molar-refractivity contribution in [2.24, 2.45) is 0 Å². The normalized spacial score (nSPS) is 20.7. The molecular weight excluding hydrogens is 440 g/mol. The molecule has 2 aliphatic heterocycles. The van der Waals surface area contributed by atoms with Crippen LogP contribution in [0.2, 0.25) is 5.02 Å². The Bertz CT molecular complexity index is 1060. The monoisotopic (exact) mass is 468 g/mol. The average Bonchev–Trinajstić information content (AvgIpc) is 3.39. The van der Waals surface area contributed by atoms with Crippen molar-refractivity contribution in [3.8, 4) is 5.75 Å². The van der Waals surface area contributed by atoms with Gasteiger partial charge in [0.2, 0.25) is 0 Å². The van der Waals surface area contributed by atoms with E-state index in [1.807, 2.05) is 38.1 Å². The van der Waals surface area contributed by atoms with E-state index in [1.54, 1.807) is 29.2 Å². The van der Waals surface area contributed by atoms with Gasteiger partial charge in [0.1, 0.15) is 11.5 Å². The summed E-state index contributed by atoms with van der Waals surface area (Å²) in [5.41, 5.74) is 1.26. The Morgan fingerprint density at radius 2 is 1.79 bits per heavy atom. The zero-order valence-electron chi connectivity index (χ0n) is 19.0. The molecular formula is C26H29ClN2O4. The summed E-state index contributed by atoms with van der Waals surface area (Å²) in [6.07, 6.45) is 2.27. The summed E-state index contributed by atoms with van der Waals surface area (Å²) >= 11 is 5.99. The molecule has 1 amide bonds. The molecule has 0 spiro atoms. The van der Waals surface area contributed by atoms with E-state index in [4.69, 9.17) is 16.3 Å². The number of benzene rings is 2. The lowest BCUT2D eigenvalue weighted by atomic mass is 9.95. The van der Waals surface area contributed by atoms with Gasteiger partial charge in [0.05, 0.1) is 17.7 Å². The molecule has 174 valence electrons. The Morgan fingerprint density at radius 3 is 2.45 bits per heavy atom. The first-order chi connectivity index (χ1) is 15.8. The predicted molar refractivity (Wildman–Crippen MR) is 128 cm³/mol. The molecule has 2 saturated heterocycles. The second-order valence-corrected chi connectivity index (χ2v) is 9.22. The molecule has 2 aromatic carbocycles. The number of ether oxygens (including phenoxy) is 1. The SMILES string of the molecule is CC(C)Oc1cccc(C2/C(=C(\O)c3ccc(Cl)cc3)C(=O)C(=O)N2CCN2CCCC2)c1. The molecule has 0 saturated carbocycles. The molecule has 2 aromatic rings. The van der Waals surface area contributed by atoms with E-state index in [9.17, 15) is 14.7 Å². The van der Waals surface area contributed by atoms with E-state index in [0.29, 0.717) is 29.4 Å². The van der Waals surface area contributed by atoms with Crippen LogP contribution in [0.4, 0.5) is 0 Å². The molecule has 1 unspecified atom stereocenters. The molecule has 4 rings (SSSR count). The van der Waals surface area contributed by atoms with Gasteiger partial charge in [-0.25, -0.2) is 0 Å². The molecule has 1 atom stereocenters. The van der Waals surface area contributed by atoms with Crippen molar-refractivity contribution in [1.29, 1.82) is 0 Å². The minimum Gasteiger partial charge on any atom is -0.507 e. The molecule has 0 bridgehead atoms. The standard InChI is InChI=1S/C26H29ClN2O4/c1-17(2)33-21-7-5-6-19(16-21)23-22(24(30)18-8-10-20(27)11-9-18)25(31)26(32)29(23)15-14-28-12-3-4-13-28/h5-11,16-17,23,30H,3-4,12-15H2,1-2H3/b24-22+. The highest BCUT2D eigenvalue weighted by atomic mass is 35.5. The molecule has 2 heterocycles. The summed E-state index contributed by atoms with van der Waals surface area (Å²) in [6.45, 7) is 6.97. The van der Waals surface area contributed by atoms with Crippen molar-refractivity contribution in [2.45, 2.75) is 38.8 Å². The number of carbonyl (C=O) groups is 2. The number of halogens is 1. The van der Waals surface area contributed by atoms with Gasteiger partial charge >= 0.3 is 0 Å². The Labute approximate surface area is 199 Å². The fourth-order valence-corrected chi connectivity index (χ4v) is 4.63. The fraction of sp³-hybridized carbons (Fsp3) is 0.385. The number of nitrogens with zero attached hydrogens (tertiary/aromatic N) is 2. The highest BCUT2D eigenvalue weighted by Gasteiger charge is 2.46. The van der Waals surface area contributed by atoms with E-state index in [-0.39, 0.29) is 17.4 Å². The van der Waals surface area contributed by atoms with Crippen LogP contribution in [-0.2, 0) is 9.59 Å². The summed E-state index contributed by atoms with van der Waals surface area (Å²) in [6, 6.07) is 13.3. The zero-order chi connectivity index (χ0) is 23.5. The van der Waals surface area contributed by atoms with Crippen LogP contribution >= 0.6 is 11.6 Å². The fourth-order valence-electron chi connectivity index (χ4n) is 4.51. The third kappa shape index (κ3) is 5.07. The molecule has 6 nitrogen and oxygen atoms in total. The van der Waals surface area contributed by atoms with Crippen molar-refractivity contribution in [1.82, 2.24) is 9.80 Å². The van der Waals surface area contributed by atoms with Gasteiger partial charge in [-0.3, -0.25) is 9.59 Å². The number of aliphatic hydroxyl groups excluding tert-OH is 1. The van der Waals surface area contributed by atoms with Crippen LogP contribution in [0.5, 0.6) is 5.75 Å². The highest BCUT2D eigenvalue weighted by Crippen LogP contribution is 2.40. The van der Waals surface area contributed by atoms with E-state index < -0.39 is 17.7 Å². The first-order valence-corrected chi connectivity index (χ1v) is 11.8. The second kappa shape index (κ2) is 9.98. The minimum atomic E-state index is -0.695. The van der Waals surface area contributed by atoms with Crippen molar-refractivity contribution >= 4 is 29.1 Å². The van der Waals surface area contributed by atoms with Crippen LogP contribution in [0.1, 0.15) is 43.9 Å². The van der Waals surface area contributed by atoms with E-state index in [2.05, 4.69) is 4.90 Å². The number of amides is 1. The number of Topliss-reactive ketones (excluding diaryl/α,β-unsaturated/α-hetero) is 1. The Hall–Kier alpha value is -2.83. The topological polar surface area (TPSA) is 70.1 Å². The Balaban J connectivity index is 1.76. The number of carbonyl (C=O) groups excluding carboxylic acids is 2. The smallest absolute Gasteiger partial charge is 0.295 e. The second-order valence-electron chi connectivity index (χ2n) is 8.79. The van der Waals surface area contributed by atoms with Gasteiger partial charge in [0, 0.05) is 23.7 Å². The van der Waals surface area contributed by atoms with Gasteiger partial charge in [-0.05, 0) is 81.7 Å². The summed E-state index contributed by atoms with van der Waals surface area (Å²) in [5, 5.41) is 11.7. The number of aliphatic hydroxyl groups is 1. The first kappa shape index (κ1) is 23.3. The number of hydrogen-bond donors (Lipinski definition) is 1. The number of likely N-dealkylation sites (tertiary alicyclic amines) is 2. The van der Waals surface area contributed by atoms with Crippen molar-refractivity contribution in [3.05, 3.63) is 70.3 Å². The molecule has 1 N–H and O–H groups in total. The van der Waals surface area contributed by atoms with Gasteiger partial charge in [-0.15, -0.1) is 0 Å². The molecule has 0 aromatic heterocycles. The highest BCUT2D eigenvalue weighted by molar-refractivity contribution is 6.46. The summed E-state index contributed by atoms with van der Waals surface area (Å²) < 4.78 is 5.85. The van der Waals surface area contributed by atoms with Crippen LogP contribution in [-0.4, -0.2) is 58.9 Å². The molecule has 33 heavy (non-hydrogen) atoms. The third-order valence-electron chi connectivity index (χ3n) is 6.06. The zero-order valence-corrected chi connectivity index (χ0v) is 19.7. The van der Waals surface area contributed by atoms with E-state index in [0.717, 1.165) is 31.5 Å². The molecule has 0 radical (unpaired) electrons. The van der Waals surface area contributed by atoms with Crippen LogP contribution in [0.3, 0.4) is 0 Å². The predicted octanol–water partition coefficient (Wildman–Crippen LogP) is 4.64. The molecule has 7 heteroatoms. The summed E-state index contributed by atoms with van der Waals surface area (Å²) in [4.78, 5) is 30.2. The third-order valence-corrected chi connectivity index (χ3v) is 6.31. The van der Waals surface area contributed by atoms with Crippen LogP contribution in [0.15, 0.2) is 54.1 Å². The number of ketones is 1. The summed E-state index contributed by atoms with van der Waals surface area (Å²) in [5.74, 6) is -0.818. The number of rotatable bonds is 7. The maximum Gasteiger partial charge on any atom is 0.295 e. The van der Waals surface area contributed by atoms with Crippen LogP contribution in [0, 0.1) is 0 Å². The molecule has 2 aliphatic rings. The molecule has 2 fully saturated rings. The molecule has 0 aliphatic carbocycles. The largest absolute Gasteiger partial charge is 0.507 e. The maximum absolute atomic E-state index is 13.2. The van der Waals surface area contributed by atoms with Crippen molar-refractivity contribution < 1.29 is 19.4 Å². The number of hydrogen-bond acceptors (Lipinski definition) is 5. The van der Waals surface area contributed by atoms with Crippen molar-refractivity contribution in [2.75, 3.05) is 26.2 Å². The maximum atomic E-state index is 13.2. The first-order valence-electron chi connectivity index (χ1n) is 11.4. The Kier molecular flexibility index (Phi) is 7.05.